The number of hydrogen-bond acceptors (Lipinski definition) is 2. The van der Waals surface area contributed by atoms with Gasteiger partial charge >= 0.3 is 5.97 Å². The van der Waals surface area contributed by atoms with Gasteiger partial charge < -0.3 is 4.74 Å². The average molecular weight is 212 g/mol. The Labute approximate surface area is 93.7 Å². The molecule has 0 rings (SSSR count). The van der Waals surface area contributed by atoms with Crippen molar-refractivity contribution in [2.75, 3.05) is 6.61 Å². The fourth-order valence-corrected chi connectivity index (χ4v) is 1.42. The van der Waals surface area contributed by atoms with Gasteiger partial charge in [0, 0.05) is 5.57 Å². The second kappa shape index (κ2) is 8.51. The summed E-state index contributed by atoms with van der Waals surface area (Å²) in [5, 5.41) is 0. The normalized spacial score (nSPS) is 12.2. The standard InChI is InChI=1S/C13H24O2/c1-5-6-8-12(4)9-7-10-15-13(14)11(2)3/h12H,2,5-10H2,1,3-4H3. The third kappa shape index (κ3) is 8.22. The van der Waals surface area contributed by atoms with Crippen molar-refractivity contribution in [3.05, 3.63) is 12.2 Å². The fraction of sp³-hybridized carbons (Fsp3) is 0.769. The van der Waals surface area contributed by atoms with Crippen LogP contribution in [0, 0.1) is 5.92 Å². The van der Waals surface area contributed by atoms with Gasteiger partial charge in [-0.3, -0.25) is 0 Å². The minimum absolute atomic E-state index is 0.267. The number of esters is 1. The highest BCUT2D eigenvalue weighted by atomic mass is 16.5. The van der Waals surface area contributed by atoms with Crippen molar-refractivity contribution < 1.29 is 9.53 Å². The number of carbonyl (C=O) groups is 1. The molecule has 0 saturated heterocycles. The summed E-state index contributed by atoms with van der Waals surface area (Å²) in [5.41, 5.74) is 0.481. The highest BCUT2D eigenvalue weighted by molar-refractivity contribution is 5.86. The van der Waals surface area contributed by atoms with Gasteiger partial charge in [0.05, 0.1) is 6.61 Å². The summed E-state index contributed by atoms with van der Waals surface area (Å²) in [6, 6.07) is 0. The van der Waals surface area contributed by atoms with Gasteiger partial charge in [0.25, 0.3) is 0 Å². The summed E-state index contributed by atoms with van der Waals surface area (Å²) in [6.07, 6.45) is 5.94. The molecule has 0 heterocycles. The second-order valence-corrected chi connectivity index (χ2v) is 4.31. The van der Waals surface area contributed by atoms with Crippen molar-refractivity contribution in [2.24, 2.45) is 5.92 Å². The molecule has 2 nitrogen and oxygen atoms in total. The van der Waals surface area contributed by atoms with Gasteiger partial charge in [-0.2, -0.15) is 0 Å². The van der Waals surface area contributed by atoms with E-state index < -0.39 is 0 Å². The molecule has 0 bridgehead atoms. The fourth-order valence-electron chi connectivity index (χ4n) is 1.42. The van der Waals surface area contributed by atoms with Gasteiger partial charge in [0.15, 0.2) is 0 Å². The lowest BCUT2D eigenvalue weighted by Crippen LogP contribution is -2.07. The van der Waals surface area contributed by atoms with E-state index in [2.05, 4.69) is 20.4 Å². The van der Waals surface area contributed by atoms with Gasteiger partial charge in [0.2, 0.25) is 0 Å². The van der Waals surface area contributed by atoms with Crippen LogP contribution in [0.15, 0.2) is 12.2 Å². The highest BCUT2D eigenvalue weighted by Gasteiger charge is 2.04. The van der Waals surface area contributed by atoms with Crippen molar-refractivity contribution in [2.45, 2.75) is 52.9 Å². The Morgan fingerprint density at radius 2 is 1.93 bits per heavy atom. The van der Waals surface area contributed by atoms with Gasteiger partial charge in [-0.1, -0.05) is 39.7 Å². The Morgan fingerprint density at radius 3 is 2.47 bits per heavy atom. The smallest absolute Gasteiger partial charge is 0.333 e. The number of unbranched alkanes of at least 4 members (excludes halogenated alkanes) is 1. The van der Waals surface area contributed by atoms with E-state index in [1.54, 1.807) is 6.92 Å². The summed E-state index contributed by atoms with van der Waals surface area (Å²) in [7, 11) is 0. The molecule has 1 unspecified atom stereocenters. The zero-order chi connectivity index (χ0) is 11.7. The Bertz CT molecular complexity index is 197. The first-order valence-corrected chi connectivity index (χ1v) is 5.90. The second-order valence-electron chi connectivity index (χ2n) is 4.31. The zero-order valence-corrected chi connectivity index (χ0v) is 10.3. The lowest BCUT2D eigenvalue weighted by Gasteiger charge is -2.10. The quantitative estimate of drug-likeness (QED) is 0.348. The van der Waals surface area contributed by atoms with E-state index in [9.17, 15) is 4.79 Å². The molecule has 15 heavy (non-hydrogen) atoms. The minimum Gasteiger partial charge on any atom is -0.462 e. The predicted molar refractivity (Wildman–Crippen MR) is 63.7 cm³/mol. The van der Waals surface area contributed by atoms with Crippen LogP contribution in [0.25, 0.3) is 0 Å². The van der Waals surface area contributed by atoms with Crippen LogP contribution in [0.4, 0.5) is 0 Å². The van der Waals surface area contributed by atoms with Crippen LogP contribution in [-0.4, -0.2) is 12.6 Å². The van der Waals surface area contributed by atoms with Crippen LogP contribution in [0.5, 0.6) is 0 Å². The molecular formula is C13H24O2. The van der Waals surface area contributed by atoms with E-state index in [4.69, 9.17) is 4.74 Å². The van der Waals surface area contributed by atoms with E-state index in [0.29, 0.717) is 12.2 Å². The molecule has 0 aromatic rings. The number of carbonyl (C=O) groups excluding carboxylic acids is 1. The molecule has 0 aliphatic rings. The van der Waals surface area contributed by atoms with Crippen molar-refractivity contribution in [1.82, 2.24) is 0 Å². The van der Waals surface area contributed by atoms with Gasteiger partial charge in [-0.25, -0.2) is 4.79 Å². The third-order valence-electron chi connectivity index (χ3n) is 2.47. The van der Waals surface area contributed by atoms with Crippen molar-refractivity contribution >= 4 is 5.97 Å². The van der Waals surface area contributed by atoms with Crippen molar-refractivity contribution in [3.63, 3.8) is 0 Å². The molecule has 0 aliphatic carbocycles. The predicted octanol–water partition coefficient (Wildman–Crippen LogP) is 3.71. The molecule has 0 amide bonds. The molecule has 0 spiro atoms. The van der Waals surface area contributed by atoms with E-state index in [-0.39, 0.29) is 5.97 Å². The zero-order valence-electron chi connectivity index (χ0n) is 10.3. The summed E-state index contributed by atoms with van der Waals surface area (Å²) < 4.78 is 5.02. The summed E-state index contributed by atoms with van der Waals surface area (Å²) in [4.78, 5) is 11.0. The number of hydrogen-bond donors (Lipinski definition) is 0. The summed E-state index contributed by atoms with van der Waals surface area (Å²) in [6.45, 7) is 10.2. The van der Waals surface area contributed by atoms with Crippen LogP contribution in [0.3, 0.4) is 0 Å². The van der Waals surface area contributed by atoms with Crippen LogP contribution in [0.1, 0.15) is 52.9 Å². The van der Waals surface area contributed by atoms with E-state index in [1.807, 2.05) is 0 Å². The molecule has 0 aliphatic heterocycles. The van der Waals surface area contributed by atoms with Crippen molar-refractivity contribution in [1.29, 1.82) is 0 Å². The monoisotopic (exact) mass is 212 g/mol. The summed E-state index contributed by atoms with van der Waals surface area (Å²) in [5.74, 6) is 0.477. The third-order valence-corrected chi connectivity index (χ3v) is 2.47. The maximum atomic E-state index is 11.0. The molecule has 0 fully saturated rings. The molecule has 0 saturated carbocycles. The van der Waals surface area contributed by atoms with Crippen LogP contribution in [0.2, 0.25) is 0 Å². The van der Waals surface area contributed by atoms with Gasteiger partial charge in [-0.15, -0.1) is 0 Å². The Morgan fingerprint density at radius 1 is 1.33 bits per heavy atom. The molecule has 0 N–H and O–H groups in total. The minimum atomic E-state index is -0.267. The Kier molecular flexibility index (Phi) is 8.06. The molecule has 1 atom stereocenters. The van der Waals surface area contributed by atoms with E-state index >= 15 is 0 Å². The van der Waals surface area contributed by atoms with Crippen LogP contribution < -0.4 is 0 Å². The number of ether oxygens (including phenoxy) is 1. The maximum Gasteiger partial charge on any atom is 0.333 e. The average Bonchev–Trinajstić information content (AvgIpc) is 2.20. The number of rotatable bonds is 8. The lowest BCUT2D eigenvalue weighted by atomic mass is 9.99. The van der Waals surface area contributed by atoms with Gasteiger partial charge in [-0.05, 0) is 25.7 Å². The summed E-state index contributed by atoms with van der Waals surface area (Å²) >= 11 is 0. The van der Waals surface area contributed by atoms with Crippen molar-refractivity contribution in [3.8, 4) is 0 Å². The van der Waals surface area contributed by atoms with E-state index in [0.717, 1.165) is 18.8 Å². The van der Waals surface area contributed by atoms with E-state index in [1.165, 1.54) is 19.3 Å². The largest absolute Gasteiger partial charge is 0.462 e. The van der Waals surface area contributed by atoms with Crippen LogP contribution in [-0.2, 0) is 9.53 Å². The lowest BCUT2D eigenvalue weighted by molar-refractivity contribution is -0.139. The SMILES string of the molecule is C=C(C)C(=O)OCCCC(C)CCCC. The molecular weight excluding hydrogens is 188 g/mol. The molecule has 2 heteroatoms. The van der Waals surface area contributed by atoms with Gasteiger partial charge in [0.1, 0.15) is 0 Å². The Hall–Kier alpha value is -0.790. The first-order valence-electron chi connectivity index (χ1n) is 5.90. The molecule has 88 valence electrons. The molecule has 0 radical (unpaired) electrons. The molecule has 0 aromatic carbocycles. The topological polar surface area (TPSA) is 26.3 Å². The first-order chi connectivity index (χ1) is 7.07. The highest BCUT2D eigenvalue weighted by Crippen LogP contribution is 2.13. The Balaban J connectivity index is 3.37. The maximum absolute atomic E-state index is 11.0. The first kappa shape index (κ1) is 14.2. The van der Waals surface area contributed by atoms with Crippen LogP contribution >= 0.6 is 0 Å². The molecule has 0 aromatic heterocycles.